The Hall–Kier alpha value is -0.400. The summed E-state index contributed by atoms with van der Waals surface area (Å²) in [6.07, 6.45) is 0.932. The highest BCUT2D eigenvalue weighted by molar-refractivity contribution is 6.31. The first-order chi connectivity index (χ1) is 7.60. The first-order valence-corrected chi connectivity index (χ1v) is 6.50. The van der Waals surface area contributed by atoms with Crippen LogP contribution in [0.15, 0.2) is 12.1 Å². The van der Waals surface area contributed by atoms with Crippen molar-refractivity contribution in [3.05, 3.63) is 28.3 Å². The lowest BCUT2D eigenvalue weighted by molar-refractivity contribution is 0.334. The molecule has 0 fully saturated rings. The molecule has 0 aliphatic carbocycles. The molecule has 1 aromatic carbocycles. The van der Waals surface area contributed by atoms with Crippen LogP contribution in [0.1, 0.15) is 37.3 Å². The van der Waals surface area contributed by atoms with E-state index in [-0.39, 0.29) is 0 Å². The Labute approximate surface area is 108 Å². The van der Waals surface area contributed by atoms with Gasteiger partial charge in [0.05, 0.1) is 6.61 Å². The van der Waals surface area contributed by atoms with Crippen LogP contribution in [0.3, 0.4) is 0 Å². The van der Waals surface area contributed by atoms with Gasteiger partial charge in [-0.05, 0) is 49.4 Å². The van der Waals surface area contributed by atoms with Gasteiger partial charge in [-0.1, -0.05) is 18.5 Å². The Kier molecular flexibility index (Phi) is 5.43. The molecule has 0 radical (unpaired) electrons. The number of ether oxygens (including phenoxy) is 1. The van der Waals surface area contributed by atoms with Gasteiger partial charge in [-0.15, -0.1) is 11.6 Å². The van der Waals surface area contributed by atoms with Gasteiger partial charge in [-0.2, -0.15) is 0 Å². The van der Waals surface area contributed by atoms with Crippen molar-refractivity contribution in [1.82, 2.24) is 0 Å². The van der Waals surface area contributed by atoms with Gasteiger partial charge in [0.15, 0.2) is 0 Å². The third-order valence-electron chi connectivity index (χ3n) is 2.66. The van der Waals surface area contributed by atoms with E-state index in [0.717, 1.165) is 28.3 Å². The van der Waals surface area contributed by atoms with Crippen LogP contribution in [0.2, 0.25) is 5.02 Å². The summed E-state index contributed by atoms with van der Waals surface area (Å²) in [6, 6.07) is 4.00. The average molecular weight is 261 g/mol. The minimum absolute atomic E-state index is 0.372. The summed E-state index contributed by atoms with van der Waals surface area (Å²) in [7, 11) is 0. The molecule has 0 N–H and O–H groups in total. The van der Waals surface area contributed by atoms with E-state index in [9.17, 15) is 0 Å². The second-order valence-corrected chi connectivity index (χ2v) is 4.74. The number of rotatable bonds is 5. The highest BCUT2D eigenvalue weighted by Crippen LogP contribution is 2.33. The van der Waals surface area contributed by atoms with Crippen LogP contribution in [-0.2, 0) is 0 Å². The highest BCUT2D eigenvalue weighted by atomic mass is 35.5. The van der Waals surface area contributed by atoms with Crippen LogP contribution in [-0.4, -0.2) is 12.5 Å². The van der Waals surface area contributed by atoms with Gasteiger partial charge in [0.1, 0.15) is 5.75 Å². The number of hydrogen-bond acceptors (Lipinski definition) is 1. The molecule has 0 aliphatic rings. The fraction of sp³-hybridized carbons (Fsp3) is 0.538. The normalized spacial score (nSPS) is 12.6. The second kappa shape index (κ2) is 6.36. The molecular weight excluding hydrogens is 243 g/mol. The monoisotopic (exact) mass is 260 g/mol. The molecule has 0 heterocycles. The number of halogens is 2. The average Bonchev–Trinajstić information content (AvgIpc) is 2.23. The van der Waals surface area contributed by atoms with E-state index in [1.54, 1.807) is 0 Å². The molecule has 16 heavy (non-hydrogen) atoms. The molecule has 1 aromatic rings. The minimum Gasteiger partial charge on any atom is -0.494 e. The quantitative estimate of drug-likeness (QED) is 0.693. The number of alkyl halides is 1. The largest absolute Gasteiger partial charge is 0.494 e. The third-order valence-corrected chi connectivity index (χ3v) is 3.29. The zero-order valence-corrected chi connectivity index (χ0v) is 11.5. The molecule has 0 amide bonds. The summed E-state index contributed by atoms with van der Waals surface area (Å²) in [5.41, 5.74) is 2.20. The van der Waals surface area contributed by atoms with Gasteiger partial charge in [0.25, 0.3) is 0 Å². The van der Waals surface area contributed by atoms with Crippen LogP contribution in [0.25, 0.3) is 0 Å². The van der Waals surface area contributed by atoms with E-state index in [0.29, 0.717) is 18.4 Å². The zero-order valence-electron chi connectivity index (χ0n) is 10.0. The lowest BCUT2D eigenvalue weighted by Gasteiger charge is -2.17. The maximum Gasteiger partial charge on any atom is 0.123 e. The van der Waals surface area contributed by atoms with Gasteiger partial charge >= 0.3 is 0 Å². The Morgan fingerprint density at radius 1 is 1.38 bits per heavy atom. The van der Waals surface area contributed by atoms with Crippen molar-refractivity contribution in [2.75, 3.05) is 12.5 Å². The van der Waals surface area contributed by atoms with Gasteiger partial charge < -0.3 is 4.74 Å². The minimum atomic E-state index is 0.372. The van der Waals surface area contributed by atoms with Crippen LogP contribution in [0, 0.1) is 6.92 Å². The van der Waals surface area contributed by atoms with Crippen molar-refractivity contribution in [3.63, 3.8) is 0 Å². The fourth-order valence-electron chi connectivity index (χ4n) is 1.66. The first kappa shape index (κ1) is 13.7. The molecule has 1 atom stereocenters. The summed E-state index contributed by atoms with van der Waals surface area (Å²) in [5, 5.41) is 0.792. The second-order valence-electron chi connectivity index (χ2n) is 3.95. The van der Waals surface area contributed by atoms with Crippen LogP contribution < -0.4 is 4.74 Å². The van der Waals surface area contributed by atoms with Crippen LogP contribution in [0.5, 0.6) is 5.75 Å². The van der Waals surface area contributed by atoms with Crippen LogP contribution in [0.4, 0.5) is 0 Å². The van der Waals surface area contributed by atoms with Crippen molar-refractivity contribution in [2.45, 2.75) is 33.1 Å². The number of benzene rings is 1. The highest BCUT2D eigenvalue weighted by Gasteiger charge is 2.13. The van der Waals surface area contributed by atoms with E-state index in [4.69, 9.17) is 27.9 Å². The van der Waals surface area contributed by atoms with Crippen molar-refractivity contribution in [2.24, 2.45) is 0 Å². The molecule has 90 valence electrons. The number of hydrogen-bond donors (Lipinski definition) is 0. The van der Waals surface area contributed by atoms with Crippen molar-refractivity contribution in [3.8, 4) is 5.75 Å². The lowest BCUT2D eigenvalue weighted by atomic mass is 9.96. The topological polar surface area (TPSA) is 9.23 Å². The van der Waals surface area contributed by atoms with Gasteiger partial charge in [0, 0.05) is 10.9 Å². The van der Waals surface area contributed by atoms with Gasteiger partial charge in [-0.3, -0.25) is 0 Å². The molecule has 0 bridgehead atoms. The predicted molar refractivity (Wildman–Crippen MR) is 71.1 cm³/mol. The van der Waals surface area contributed by atoms with E-state index in [2.05, 4.69) is 6.92 Å². The van der Waals surface area contributed by atoms with Crippen molar-refractivity contribution in [1.29, 1.82) is 0 Å². The Morgan fingerprint density at radius 3 is 2.62 bits per heavy atom. The SMILES string of the molecule is CCOc1cc(C)c(Cl)cc1C(C)CCCl. The third kappa shape index (κ3) is 3.29. The molecule has 1 unspecified atom stereocenters. The zero-order chi connectivity index (χ0) is 12.1. The van der Waals surface area contributed by atoms with E-state index >= 15 is 0 Å². The Morgan fingerprint density at radius 2 is 2.06 bits per heavy atom. The summed E-state index contributed by atoms with van der Waals surface area (Å²) >= 11 is 11.9. The van der Waals surface area contributed by atoms with Crippen molar-refractivity contribution < 1.29 is 4.74 Å². The molecule has 3 heteroatoms. The number of aryl methyl sites for hydroxylation is 1. The molecule has 0 aliphatic heterocycles. The summed E-state index contributed by atoms with van der Waals surface area (Å²) in [6.45, 7) is 6.79. The summed E-state index contributed by atoms with van der Waals surface area (Å²) < 4.78 is 5.64. The standard InChI is InChI=1S/C13H18Cl2O/c1-4-16-13-7-10(3)12(15)8-11(13)9(2)5-6-14/h7-9H,4-6H2,1-3H3. The maximum atomic E-state index is 6.14. The molecular formula is C13H18Cl2O. The van der Waals surface area contributed by atoms with E-state index < -0.39 is 0 Å². The van der Waals surface area contributed by atoms with Crippen molar-refractivity contribution >= 4 is 23.2 Å². The van der Waals surface area contributed by atoms with Crippen LogP contribution >= 0.6 is 23.2 Å². The smallest absolute Gasteiger partial charge is 0.123 e. The molecule has 0 spiro atoms. The van der Waals surface area contributed by atoms with Gasteiger partial charge in [0.2, 0.25) is 0 Å². The summed E-state index contributed by atoms with van der Waals surface area (Å²) in [4.78, 5) is 0. The molecule has 1 nitrogen and oxygen atoms in total. The summed E-state index contributed by atoms with van der Waals surface area (Å²) in [5.74, 6) is 1.96. The first-order valence-electron chi connectivity index (χ1n) is 5.59. The molecule has 1 rings (SSSR count). The molecule has 0 saturated heterocycles. The Bertz CT molecular complexity index is 350. The molecule has 0 aromatic heterocycles. The van der Waals surface area contributed by atoms with Gasteiger partial charge in [-0.25, -0.2) is 0 Å². The predicted octanol–water partition coefficient (Wildman–Crippen LogP) is 4.78. The Balaban J connectivity index is 3.08. The van der Waals surface area contributed by atoms with E-state index in [1.807, 2.05) is 26.0 Å². The fourth-order valence-corrected chi connectivity index (χ4v) is 2.15. The van der Waals surface area contributed by atoms with E-state index in [1.165, 1.54) is 0 Å². The lowest BCUT2D eigenvalue weighted by Crippen LogP contribution is -2.02. The maximum absolute atomic E-state index is 6.14. The molecule has 0 saturated carbocycles.